The molecule has 0 radical (unpaired) electrons. The van der Waals surface area contributed by atoms with E-state index in [1.807, 2.05) is 13.0 Å². The molecule has 0 spiro atoms. The number of aryl methyl sites for hydroxylation is 1. The van der Waals surface area contributed by atoms with Gasteiger partial charge in [-0.1, -0.05) is 0 Å². The number of aliphatic hydroxyl groups is 1. The average molecular weight is 345 g/mol. The number of hydrogen-bond donors (Lipinski definition) is 2. The standard InChI is InChI=1S/C18H23N3O4/c1-11-4-14(20-19-11)5-13-9-21(10-17(13)22)18(23)12-6-15(24-2)8-16(7-12)25-3/h4,6-8,13,17,22H,5,9-10H2,1-3H3,(H,19,20)/t13-,17+/m1/s1. The number of nitrogens with one attached hydrogen (secondary N) is 1. The van der Waals surface area contributed by atoms with Crippen molar-refractivity contribution in [1.29, 1.82) is 0 Å². The normalized spacial score (nSPS) is 19.9. The van der Waals surface area contributed by atoms with Crippen LogP contribution in [0.15, 0.2) is 24.3 Å². The second-order valence-corrected chi connectivity index (χ2v) is 6.39. The largest absolute Gasteiger partial charge is 0.497 e. The molecule has 7 nitrogen and oxygen atoms in total. The summed E-state index contributed by atoms with van der Waals surface area (Å²) in [5.74, 6) is 0.952. The lowest BCUT2D eigenvalue weighted by molar-refractivity contribution is 0.0764. The molecule has 1 aromatic heterocycles. The molecule has 1 aliphatic rings. The predicted octanol–water partition coefficient (Wildman–Crippen LogP) is 1.41. The van der Waals surface area contributed by atoms with Crippen LogP contribution in [0.25, 0.3) is 0 Å². The first-order valence-corrected chi connectivity index (χ1v) is 8.21. The maximum Gasteiger partial charge on any atom is 0.254 e. The van der Waals surface area contributed by atoms with E-state index in [9.17, 15) is 9.90 Å². The number of amides is 1. The summed E-state index contributed by atoms with van der Waals surface area (Å²) < 4.78 is 10.4. The number of aromatic nitrogens is 2. The SMILES string of the molecule is COc1cc(OC)cc(C(=O)N2C[C@@H](Cc3cc(C)[nH]n3)[C@@H](O)C2)c1. The first kappa shape index (κ1) is 17.3. The van der Waals surface area contributed by atoms with Crippen molar-refractivity contribution >= 4 is 5.91 Å². The quantitative estimate of drug-likeness (QED) is 0.855. The molecule has 25 heavy (non-hydrogen) atoms. The molecule has 1 aliphatic heterocycles. The zero-order valence-electron chi connectivity index (χ0n) is 14.7. The number of nitrogens with zero attached hydrogens (tertiary/aromatic N) is 2. The zero-order chi connectivity index (χ0) is 18.0. The summed E-state index contributed by atoms with van der Waals surface area (Å²) >= 11 is 0. The molecular weight excluding hydrogens is 322 g/mol. The molecule has 0 unspecified atom stereocenters. The van der Waals surface area contributed by atoms with Crippen LogP contribution in [-0.2, 0) is 6.42 Å². The molecule has 7 heteroatoms. The van der Waals surface area contributed by atoms with Gasteiger partial charge >= 0.3 is 0 Å². The Hall–Kier alpha value is -2.54. The van der Waals surface area contributed by atoms with Crippen molar-refractivity contribution in [3.05, 3.63) is 41.2 Å². The molecule has 3 rings (SSSR count). The lowest BCUT2D eigenvalue weighted by atomic mass is 10.0. The van der Waals surface area contributed by atoms with Crippen LogP contribution in [0.2, 0.25) is 0 Å². The number of ether oxygens (including phenoxy) is 2. The number of methoxy groups -OCH3 is 2. The molecular formula is C18H23N3O4. The third kappa shape index (κ3) is 3.76. The molecule has 0 saturated carbocycles. The third-order valence-electron chi connectivity index (χ3n) is 4.52. The van der Waals surface area contributed by atoms with Crippen molar-refractivity contribution in [1.82, 2.24) is 15.1 Å². The first-order chi connectivity index (χ1) is 12.0. The van der Waals surface area contributed by atoms with Crippen molar-refractivity contribution < 1.29 is 19.4 Å². The van der Waals surface area contributed by atoms with Gasteiger partial charge in [-0.15, -0.1) is 0 Å². The van der Waals surface area contributed by atoms with Gasteiger partial charge in [0.2, 0.25) is 0 Å². The van der Waals surface area contributed by atoms with Crippen molar-refractivity contribution in [2.24, 2.45) is 5.92 Å². The lowest BCUT2D eigenvalue weighted by Gasteiger charge is -2.17. The highest BCUT2D eigenvalue weighted by Gasteiger charge is 2.35. The fourth-order valence-corrected chi connectivity index (χ4v) is 3.18. The van der Waals surface area contributed by atoms with Crippen molar-refractivity contribution in [2.45, 2.75) is 19.4 Å². The number of likely N-dealkylation sites (tertiary alicyclic amines) is 1. The minimum absolute atomic E-state index is 0.0286. The Balaban J connectivity index is 1.73. The Morgan fingerprint density at radius 1 is 1.24 bits per heavy atom. The van der Waals surface area contributed by atoms with Crippen molar-refractivity contribution in [2.75, 3.05) is 27.3 Å². The molecule has 0 aliphatic carbocycles. The number of rotatable bonds is 5. The minimum Gasteiger partial charge on any atom is -0.497 e. The molecule has 1 fully saturated rings. The van der Waals surface area contributed by atoms with E-state index in [-0.39, 0.29) is 11.8 Å². The second-order valence-electron chi connectivity index (χ2n) is 6.39. The monoisotopic (exact) mass is 345 g/mol. The molecule has 1 aromatic carbocycles. The number of H-pyrrole nitrogens is 1. The van der Waals surface area contributed by atoms with E-state index in [0.29, 0.717) is 36.6 Å². The number of aromatic amines is 1. The Kier molecular flexibility index (Phi) is 4.94. The molecule has 1 amide bonds. The summed E-state index contributed by atoms with van der Waals surface area (Å²) in [6.45, 7) is 2.74. The average Bonchev–Trinajstić information content (AvgIpc) is 3.19. The zero-order valence-corrected chi connectivity index (χ0v) is 14.7. The van der Waals surface area contributed by atoms with Gasteiger partial charge in [-0.2, -0.15) is 5.10 Å². The van der Waals surface area contributed by atoms with E-state index >= 15 is 0 Å². The van der Waals surface area contributed by atoms with E-state index < -0.39 is 6.10 Å². The van der Waals surface area contributed by atoms with E-state index in [2.05, 4.69) is 10.2 Å². The van der Waals surface area contributed by atoms with Gasteiger partial charge in [0.1, 0.15) is 11.5 Å². The van der Waals surface area contributed by atoms with Crippen LogP contribution in [0, 0.1) is 12.8 Å². The van der Waals surface area contributed by atoms with Crippen LogP contribution in [-0.4, -0.2) is 59.5 Å². The molecule has 1 saturated heterocycles. The highest BCUT2D eigenvalue weighted by molar-refractivity contribution is 5.95. The fraction of sp³-hybridized carbons (Fsp3) is 0.444. The van der Waals surface area contributed by atoms with E-state index in [1.54, 1.807) is 37.3 Å². The Morgan fingerprint density at radius 2 is 1.92 bits per heavy atom. The van der Waals surface area contributed by atoms with Crippen LogP contribution in [0.5, 0.6) is 11.5 Å². The number of aliphatic hydroxyl groups excluding tert-OH is 1. The van der Waals surface area contributed by atoms with Gasteiger partial charge in [-0.05, 0) is 31.5 Å². The van der Waals surface area contributed by atoms with Crippen LogP contribution < -0.4 is 9.47 Å². The second kappa shape index (κ2) is 7.14. The van der Waals surface area contributed by atoms with Gasteiger partial charge in [0.15, 0.2) is 0 Å². The van der Waals surface area contributed by atoms with Gasteiger partial charge in [0.05, 0.1) is 26.0 Å². The minimum atomic E-state index is -0.562. The maximum atomic E-state index is 12.8. The van der Waals surface area contributed by atoms with Gasteiger partial charge < -0.3 is 19.5 Å². The lowest BCUT2D eigenvalue weighted by Crippen LogP contribution is -2.29. The summed E-state index contributed by atoms with van der Waals surface area (Å²) in [6.07, 6.45) is 0.0740. The van der Waals surface area contributed by atoms with E-state index in [1.165, 1.54) is 0 Å². The summed E-state index contributed by atoms with van der Waals surface area (Å²) in [5.41, 5.74) is 2.37. The van der Waals surface area contributed by atoms with Gasteiger partial charge in [-0.25, -0.2) is 0 Å². The van der Waals surface area contributed by atoms with Crippen LogP contribution in [0.3, 0.4) is 0 Å². The van der Waals surface area contributed by atoms with Crippen LogP contribution in [0.4, 0.5) is 0 Å². The molecule has 2 atom stereocenters. The number of benzene rings is 1. The topological polar surface area (TPSA) is 87.7 Å². The van der Waals surface area contributed by atoms with E-state index in [4.69, 9.17) is 9.47 Å². The van der Waals surface area contributed by atoms with Crippen LogP contribution >= 0.6 is 0 Å². The molecule has 134 valence electrons. The van der Waals surface area contributed by atoms with Gasteiger partial charge in [0.25, 0.3) is 5.91 Å². The maximum absolute atomic E-state index is 12.8. The van der Waals surface area contributed by atoms with E-state index in [0.717, 1.165) is 11.4 Å². The van der Waals surface area contributed by atoms with Gasteiger partial charge in [0, 0.05) is 36.3 Å². The molecule has 2 heterocycles. The smallest absolute Gasteiger partial charge is 0.254 e. The fourth-order valence-electron chi connectivity index (χ4n) is 3.18. The number of carbonyl (C=O) groups is 1. The molecule has 2 N–H and O–H groups in total. The summed E-state index contributed by atoms with van der Waals surface area (Å²) in [5, 5.41) is 17.5. The Bertz CT molecular complexity index is 736. The number of carbonyl (C=O) groups excluding carboxylic acids is 1. The van der Waals surface area contributed by atoms with Crippen LogP contribution in [0.1, 0.15) is 21.7 Å². The summed E-state index contributed by atoms with van der Waals surface area (Å²) in [4.78, 5) is 14.5. The first-order valence-electron chi connectivity index (χ1n) is 8.21. The third-order valence-corrected chi connectivity index (χ3v) is 4.52. The highest BCUT2D eigenvalue weighted by Crippen LogP contribution is 2.27. The molecule has 2 aromatic rings. The summed E-state index contributed by atoms with van der Waals surface area (Å²) in [7, 11) is 3.09. The number of β-amino-alcohol motifs (C(OH)–C–C–N with tert-alkyl or cyclic N) is 1. The number of hydrogen-bond acceptors (Lipinski definition) is 5. The highest BCUT2D eigenvalue weighted by atomic mass is 16.5. The molecule has 0 bridgehead atoms. The Labute approximate surface area is 146 Å². The Morgan fingerprint density at radius 3 is 2.48 bits per heavy atom. The van der Waals surface area contributed by atoms with Crippen molar-refractivity contribution in [3.8, 4) is 11.5 Å². The van der Waals surface area contributed by atoms with Crippen molar-refractivity contribution in [3.63, 3.8) is 0 Å². The van der Waals surface area contributed by atoms with Gasteiger partial charge in [-0.3, -0.25) is 9.89 Å². The summed E-state index contributed by atoms with van der Waals surface area (Å²) in [6, 6.07) is 7.05. The predicted molar refractivity (Wildman–Crippen MR) is 92.0 cm³/mol.